The average Bonchev–Trinajstić information content (AvgIpc) is 3.01. The minimum Gasteiger partial charge on any atom is -0.489 e. The molecule has 0 aliphatic rings. The molecule has 0 radical (unpaired) electrons. The van der Waals surface area contributed by atoms with Gasteiger partial charge in [0.1, 0.15) is 24.7 Å². The SMILES string of the molecule is CCCc1cc(OCc2ccccc2)ccc1CCNCCc1ccc(OCc2ccccc2)c(NC(=O)NC)c1. The van der Waals surface area contributed by atoms with Crippen LogP contribution in [0.15, 0.2) is 97.1 Å². The summed E-state index contributed by atoms with van der Waals surface area (Å²) in [7, 11) is 1.60. The molecule has 4 aromatic carbocycles. The third-order valence-corrected chi connectivity index (χ3v) is 6.86. The number of nitrogens with one attached hydrogen (secondary N) is 3. The molecule has 0 heterocycles. The first kappa shape index (κ1) is 29.7. The molecule has 0 unspecified atom stereocenters. The van der Waals surface area contributed by atoms with Gasteiger partial charge >= 0.3 is 6.03 Å². The molecule has 0 aliphatic heterocycles. The highest BCUT2D eigenvalue weighted by atomic mass is 16.5. The van der Waals surface area contributed by atoms with Gasteiger partial charge in [0.25, 0.3) is 0 Å². The molecule has 3 N–H and O–H groups in total. The molecule has 0 atom stereocenters. The minimum absolute atomic E-state index is 0.274. The maximum Gasteiger partial charge on any atom is 0.319 e. The number of carbonyl (C=O) groups excluding carboxylic acids is 1. The molecule has 0 aliphatic carbocycles. The van der Waals surface area contributed by atoms with Crippen molar-refractivity contribution in [2.75, 3.05) is 25.5 Å². The Kier molecular flexibility index (Phi) is 11.7. The van der Waals surface area contributed by atoms with E-state index in [9.17, 15) is 4.79 Å². The number of hydrogen-bond donors (Lipinski definition) is 3. The molecular formula is C35H41N3O3. The molecule has 0 bridgehead atoms. The summed E-state index contributed by atoms with van der Waals surface area (Å²) in [5, 5.41) is 9.09. The van der Waals surface area contributed by atoms with Crippen LogP contribution in [0.4, 0.5) is 10.5 Å². The van der Waals surface area contributed by atoms with Crippen molar-refractivity contribution in [1.82, 2.24) is 10.6 Å². The van der Waals surface area contributed by atoms with E-state index < -0.39 is 0 Å². The first-order valence-corrected chi connectivity index (χ1v) is 14.4. The molecule has 0 fully saturated rings. The van der Waals surface area contributed by atoms with Crippen LogP contribution >= 0.6 is 0 Å². The second-order valence-electron chi connectivity index (χ2n) is 10.0. The number of amides is 2. The maximum atomic E-state index is 12.1. The fourth-order valence-electron chi connectivity index (χ4n) is 4.64. The summed E-state index contributed by atoms with van der Waals surface area (Å²) in [5.74, 6) is 1.57. The molecule has 2 amide bonds. The van der Waals surface area contributed by atoms with E-state index in [0.29, 0.717) is 24.7 Å². The lowest BCUT2D eigenvalue weighted by atomic mass is 10.00. The number of benzene rings is 4. The summed E-state index contributed by atoms with van der Waals surface area (Å²) in [4.78, 5) is 12.1. The highest BCUT2D eigenvalue weighted by molar-refractivity contribution is 5.90. The van der Waals surface area contributed by atoms with Crippen molar-refractivity contribution in [2.45, 2.75) is 45.8 Å². The van der Waals surface area contributed by atoms with Crippen molar-refractivity contribution in [3.8, 4) is 11.5 Å². The van der Waals surface area contributed by atoms with Crippen molar-refractivity contribution in [2.24, 2.45) is 0 Å². The Morgan fingerprint density at radius 1 is 0.683 bits per heavy atom. The van der Waals surface area contributed by atoms with Crippen LogP contribution in [-0.2, 0) is 32.5 Å². The minimum atomic E-state index is -0.274. The number of hydrogen-bond acceptors (Lipinski definition) is 4. The molecule has 4 rings (SSSR count). The summed E-state index contributed by atoms with van der Waals surface area (Å²) < 4.78 is 12.1. The number of anilines is 1. The van der Waals surface area contributed by atoms with Crippen LogP contribution in [-0.4, -0.2) is 26.2 Å². The van der Waals surface area contributed by atoms with Gasteiger partial charge in [-0.05, 0) is 84.4 Å². The zero-order chi connectivity index (χ0) is 28.7. The van der Waals surface area contributed by atoms with Gasteiger partial charge in [0.2, 0.25) is 0 Å². The third-order valence-electron chi connectivity index (χ3n) is 6.86. The highest BCUT2D eigenvalue weighted by Gasteiger charge is 2.10. The van der Waals surface area contributed by atoms with Crippen molar-refractivity contribution in [1.29, 1.82) is 0 Å². The molecular weight excluding hydrogens is 510 g/mol. The molecule has 0 aromatic heterocycles. The maximum absolute atomic E-state index is 12.1. The van der Waals surface area contributed by atoms with Crippen molar-refractivity contribution < 1.29 is 14.3 Å². The first-order chi connectivity index (χ1) is 20.1. The Bertz CT molecular complexity index is 1360. The summed E-state index contributed by atoms with van der Waals surface area (Å²) in [5.41, 5.74) is 6.75. The van der Waals surface area contributed by atoms with E-state index in [1.807, 2.05) is 60.7 Å². The van der Waals surface area contributed by atoms with E-state index in [2.05, 4.69) is 59.3 Å². The van der Waals surface area contributed by atoms with E-state index in [1.54, 1.807) is 7.05 Å². The second kappa shape index (κ2) is 16.1. The molecule has 6 nitrogen and oxygen atoms in total. The monoisotopic (exact) mass is 551 g/mol. The number of urea groups is 1. The number of carbonyl (C=O) groups is 1. The van der Waals surface area contributed by atoms with Gasteiger partial charge < -0.3 is 25.4 Å². The van der Waals surface area contributed by atoms with Gasteiger partial charge in [-0.2, -0.15) is 0 Å². The zero-order valence-electron chi connectivity index (χ0n) is 24.1. The fraction of sp³-hybridized carbons (Fsp3) is 0.286. The van der Waals surface area contributed by atoms with Gasteiger partial charge in [0.15, 0.2) is 0 Å². The standard InChI is InChI=1S/C35H41N3O3/c1-3-10-31-24-32(40-25-28-11-6-4-7-12-28)17-16-30(31)20-22-37-21-19-27-15-18-34(33(23-27)38-35(39)36-2)41-26-29-13-8-5-9-14-29/h4-9,11-18,23-24,37H,3,10,19-22,25-26H2,1-2H3,(H2,36,38,39). The predicted octanol–water partition coefficient (Wildman–Crippen LogP) is 6.92. The van der Waals surface area contributed by atoms with Gasteiger partial charge in [0, 0.05) is 7.05 Å². The average molecular weight is 552 g/mol. The van der Waals surface area contributed by atoms with Crippen LogP contribution < -0.4 is 25.4 Å². The van der Waals surface area contributed by atoms with Crippen LogP contribution in [0, 0.1) is 0 Å². The Morgan fingerprint density at radius 3 is 2.05 bits per heavy atom. The van der Waals surface area contributed by atoms with Crippen LogP contribution in [0.2, 0.25) is 0 Å². The van der Waals surface area contributed by atoms with E-state index in [4.69, 9.17) is 9.47 Å². The number of ether oxygens (including phenoxy) is 2. The quantitative estimate of drug-likeness (QED) is 0.140. The van der Waals surface area contributed by atoms with E-state index in [0.717, 1.165) is 55.6 Å². The summed E-state index contributed by atoms with van der Waals surface area (Å²) in [6, 6.07) is 32.4. The molecule has 4 aromatic rings. The largest absolute Gasteiger partial charge is 0.489 e. The molecule has 0 saturated carbocycles. The Morgan fingerprint density at radius 2 is 1.37 bits per heavy atom. The van der Waals surface area contributed by atoms with Gasteiger partial charge in [0.05, 0.1) is 5.69 Å². The van der Waals surface area contributed by atoms with Crippen LogP contribution in [0.3, 0.4) is 0 Å². The smallest absolute Gasteiger partial charge is 0.319 e. The first-order valence-electron chi connectivity index (χ1n) is 14.4. The third kappa shape index (κ3) is 9.69. The molecule has 41 heavy (non-hydrogen) atoms. The van der Waals surface area contributed by atoms with Crippen molar-refractivity contribution in [3.05, 3.63) is 125 Å². The van der Waals surface area contributed by atoms with E-state index in [-0.39, 0.29) is 6.03 Å². The molecule has 6 heteroatoms. The van der Waals surface area contributed by atoms with Crippen molar-refractivity contribution >= 4 is 11.7 Å². The number of aryl methyl sites for hydroxylation is 1. The lowest BCUT2D eigenvalue weighted by Crippen LogP contribution is -2.25. The van der Waals surface area contributed by atoms with Gasteiger partial charge in [-0.1, -0.05) is 86.1 Å². The zero-order valence-corrected chi connectivity index (χ0v) is 24.1. The fourth-order valence-corrected chi connectivity index (χ4v) is 4.64. The molecule has 0 saturated heterocycles. The highest BCUT2D eigenvalue weighted by Crippen LogP contribution is 2.27. The van der Waals surface area contributed by atoms with E-state index >= 15 is 0 Å². The van der Waals surface area contributed by atoms with E-state index in [1.165, 1.54) is 16.7 Å². The summed E-state index contributed by atoms with van der Waals surface area (Å²) >= 11 is 0. The van der Waals surface area contributed by atoms with Crippen LogP contribution in [0.1, 0.15) is 41.2 Å². The normalized spacial score (nSPS) is 10.7. The number of rotatable bonds is 15. The van der Waals surface area contributed by atoms with Crippen LogP contribution in [0.5, 0.6) is 11.5 Å². The second-order valence-corrected chi connectivity index (χ2v) is 10.0. The lowest BCUT2D eigenvalue weighted by Gasteiger charge is -2.15. The van der Waals surface area contributed by atoms with Crippen molar-refractivity contribution in [3.63, 3.8) is 0 Å². The lowest BCUT2D eigenvalue weighted by molar-refractivity contribution is 0.253. The summed E-state index contributed by atoms with van der Waals surface area (Å²) in [6.07, 6.45) is 3.94. The summed E-state index contributed by atoms with van der Waals surface area (Å²) in [6.45, 7) is 4.95. The predicted molar refractivity (Wildman–Crippen MR) is 167 cm³/mol. The Labute approximate surface area is 244 Å². The Hall–Kier alpha value is -4.29. The van der Waals surface area contributed by atoms with Gasteiger partial charge in [-0.15, -0.1) is 0 Å². The van der Waals surface area contributed by atoms with Gasteiger partial charge in [-0.3, -0.25) is 0 Å². The van der Waals surface area contributed by atoms with Crippen LogP contribution in [0.25, 0.3) is 0 Å². The Balaban J connectivity index is 1.28. The van der Waals surface area contributed by atoms with Gasteiger partial charge in [-0.25, -0.2) is 4.79 Å². The molecule has 0 spiro atoms. The molecule has 214 valence electrons. The topological polar surface area (TPSA) is 71.6 Å².